The van der Waals surface area contributed by atoms with Crippen LogP contribution in [0.15, 0.2) is 18.2 Å². The number of carbonyl (C=O) groups is 2. The van der Waals surface area contributed by atoms with Crippen molar-refractivity contribution in [1.82, 2.24) is 0 Å². The van der Waals surface area contributed by atoms with Gasteiger partial charge in [-0.2, -0.15) is 0 Å². The number of hydrogen-bond acceptors (Lipinski definition) is 3. The largest absolute Gasteiger partial charge is 0.326 e. The van der Waals surface area contributed by atoms with Gasteiger partial charge in [0.15, 0.2) is 0 Å². The summed E-state index contributed by atoms with van der Waals surface area (Å²) < 4.78 is 0. The Hall–Kier alpha value is -1.88. The van der Waals surface area contributed by atoms with E-state index in [1.54, 1.807) is 12.1 Å². The highest BCUT2D eigenvalue weighted by Crippen LogP contribution is 2.21. The Labute approximate surface area is 119 Å². The third-order valence-electron chi connectivity index (χ3n) is 3.38. The smallest absolute Gasteiger partial charge is 0.241 e. The van der Waals surface area contributed by atoms with Gasteiger partial charge in [-0.15, -0.1) is 0 Å². The number of benzene rings is 1. The molecular weight excluding hydrogens is 254 g/mol. The predicted octanol–water partition coefficient (Wildman–Crippen LogP) is 2.27. The predicted molar refractivity (Wildman–Crippen MR) is 81.5 cm³/mol. The number of rotatable bonds is 5. The van der Waals surface area contributed by atoms with E-state index < -0.39 is 6.04 Å². The van der Waals surface area contributed by atoms with Crippen molar-refractivity contribution in [2.45, 2.75) is 40.2 Å². The first kappa shape index (κ1) is 16.2. The van der Waals surface area contributed by atoms with Crippen molar-refractivity contribution >= 4 is 23.2 Å². The minimum Gasteiger partial charge on any atom is -0.326 e. The summed E-state index contributed by atoms with van der Waals surface area (Å²) in [4.78, 5) is 23.1. The van der Waals surface area contributed by atoms with E-state index in [2.05, 4.69) is 10.6 Å². The molecule has 0 heterocycles. The van der Waals surface area contributed by atoms with Crippen molar-refractivity contribution in [3.63, 3.8) is 0 Å². The Morgan fingerprint density at radius 1 is 1.30 bits per heavy atom. The van der Waals surface area contributed by atoms with Gasteiger partial charge >= 0.3 is 0 Å². The van der Waals surface area contributed by atoms with Gasteiger partial charge in [0.2, 0.25) is 11.8 Å². The number of aryl methyl sites for hydroxylation is 1. The van der Waals surface area contributed by atoms with Crippen LogP contribution in [-0.4, -0.2) is 17.9 Å². The quantitative estimate of drug-likeness (QED) is 0.772. The maximum atomic E-state index is 12.1. The maximum absolute atomic E-state index is 12.1. The Kier molecular flexibility index (Phi) is 5.70. The lowest BCUT2D eigenvalue weighted by Crippen LogP contribution is -2.40. The molecule has 1 rings (SSSR count). The van der Waals surface area contributed by atoms with E-state index in [1.165, 1.54) is 6.92 Å². The van der Waals surface area contributed by atoms with Gasteiger partial charge in [0.05, 0.1) is 6.04 Å². The first-order chi connectivity index (χ1) is 9.35. The summed E-state index contributed by atoms with van der Waals surface area (Å²) in [5.74, 6) is -0.237. The minimum atomic E-state index is -0.538. The summed E-state index contributed by atoms with van der Waals surface area (Å²) >= 11 is 0. The molecule has 20 heavy (non-hydrogen) atoms. The molecule has 2 atom stereocenters. The van der Waals surface area contributed by atoms with Crippen molar-refractivity contribution in [3.05, 3.63) is 23.8 Å². The first-order valence-electron chi connectivity index (χ1n) is 6.79. The maximum Gasteiger partial charge on any atom is 0.241 e. The minimum absolute atomic E-state index is 0.119. The zero-order valence-corrected chi connectivity index (χ0v) is 12.5. The van der Waals surface area contributed by atoms with Gasteiger partial charge in [0, 0.05) is 18.3 Å². The zero-order chi connectivity index (χ0) is 15.3. The second-order valence-corrected chi connectivity index (χ2v) is 5.11. The lowest BCUT2D eigenvalue weighted by molar-refractivity contribution is -0.118. The first-order valence-corrected chi connectivity index (χ1v) is 6.79. The van der Waals surface area contributed by atoms with Crippen molar-refractivity contribution < 1.29 is 9.59 Å². The van der Waals surface area contributed by atoms with E-state index >= 15 is 0 Å². The Bertz CT molecular complexity index is 500. The summed E-state index contributed by atoms with van der Waals surface area (Å²) in [6.45, 7) is 7.28. The fourth-order valence-corrected chi connectivity index (χ4v) is 1.77. The molecule has 4 N–H and O–H groups in total. The molecule has 0 radical (unpaired) electrons. The van der Waals surface area contributed by atoms with Crippen LogP contribution in [0, 0.1) is 12.8 Å². The monoisotopic (exact) mass is 277 g/mol. The number of nitrogens with one attached hydrogen (secondary N) is 2. The summed E-state index contributed by atoms with van der Waals surface area (Å²) in [6, 6.07) is 4.83. The third-order valence-corrected chi connectivity index (χ3v) is 3.38. The molecule has 0 saturated heterocycles. The molecule has 0 spiro atoms. The van der Waals surface area contributed by atoms with Crippen LogP contribution < -0.4 is 16.4 Å². The summed E-state index contributed by atoms with van der Waals surface area (Å²) in [5.41, 5.74) is 8.14. The SMILES string of the molecule is CCC(C)C(N)C(=O)Nc1cc(NC(C)=O)ccc1C. The van der Waals surface area contributed by atoms with Gasteiger partial charge in [-0.3, -0.25) is 9.59 Å². The molecule has 0 fully saturated rings. The van der Waals surface area contributed by atoms with Crippen LogP contribution in [0.2, 0.25) is 0 Å². The summed E-state index contributed by atoms with van der Waals surface area (Å²) in [7, 11) is 0. The van der Waals surface area contributed by atoms with Crippen molar-refractivity contribution in [3.8, 4) is 0 Å². The van der Waals surface area contributed by atoms with Crippen LogP contribution in [0.5, 0.6) is 0 Å². The number of anilines is 2. The normalized spacial score (nSPS) is 13.4. The van der Waals surface area contributed by atoms with E-state index in [0.29, 0.717) is 11.4 Å². The van der Waals surface area contributed by atoms with Crippen LogP contribution in [0.4, 0.5) is 11.4 Å². The molecule has 2 amide bonds. The number of nitrogens with two attached hydrogens (primary N) is 1. The highest BCUT2D eigenvalue weighted by molar-refractivity contribution is 5.97. The van der Waals surface area contributed by atoms with E-state index in [4.69, 9.17) is 5.73 Å². The average molecular weight is 277 g/mol. The molecule has 0 bridgehead atoms. The lowest BCUT2D eigenvalue weighted by atomic mass is 9.99. The van der Waals surface area contributed by atoms with Crippen molar-refractivity contribution in [1.29, 1.82) is 0 Å². The van der Waals surface area contributed by atoms with Crippen LogP contribution in [0.3, 0.4) is 0 Å². The lowest BCUT2D eigenvalue weighted by Gasteiger charge is -2.19. The molecule has 1 aromatic carbocycles. The van der Waals surface area contributed by atoms with Gasteiger partial charge < -0.3 is 16.4 Å². The molecule has 1 aromatic rings. The topological polar surface area (TPSA) is 84.2 Å². The molecule has 0 aliphatic rings. The third kappa shape index (κ3) is 4.35. The van der Waals surface area contributed by atoms with Crippen LogP contribution in [0.25, 0.3) is 0 Å². The van der Waals surface area contributed by atoms with Crippen molar-refractivity contribution in [2.24, 2.45) is 11.7 Å². The average Bonchev–Trinajstić information content (AvgIpc) is 2.40. The number of hydrogen-bond donors (Lipinski definition) is 3. The Morgan fingerprint density at radius 3 is 2.50 bits per heavy atom. The second-order valence-electron chi connectivity index (χ2n) is 5.11. The molecule has 5 nitrogen and oxygen atoms in total. The summed E-state index contributed by atoms with van der Waals surface area (Å²) in [6.07, 6.45) is 0.847. The van der Waals surface area contributed by atoms with Gasteiger partial charge in [-0.05, 0) is 30.5 Å². The molecular formula is C15H23N3O2. The molecule has 0 saturated carbocycles. The fourth-order valence-electron chi connectivity index (χ4n) is 1.77. The molecule has 2 unspecified atom stereocenters. The summed E-state index contributed by atoms with van der Waals surface area (Å²) in [5, 5.41) is 5.51. The number of carbonyl (C=O) groups excluding carboxylic acids is 2. The zero-order valence-electron chi connectivity index (χ0n) is 12.5. The molecule has 0 aromatic heterocycles. The highest BCUT2D eigenvalue weighted by atomic mass is 16.2. The van der Waals surface area contributed by atoms with E-state index in [-0.39, 0.29) is 17.7 Å². The highest BCUT2D eigenvalue weighted by Gasteiger charge is 2.20. The van der Waals surface area contributed by atoms with Crippen LogP contribution >= 0.6 is 0 Å². The van der Waals surface area contributed by atoms with E-state index in [9.17, 15) is 9.59 Å². The molecule has 0 aliphatic carbocycles. The second kappa shape index (κ2) is 7.05. The standard InChI is InChI=1S/C15H23N3O2/c1-5-9(2)14(16)15(20)18-13-8-12(17-11(4)19)7-6-10(13)3/h6-9,14H,5,16H2,1-4H3,(H,17,19)(H,18,20). The number of amides is 2. The van der Waals surface area contributed by atoms with Gasteiger partial charge in [-0.1, -0.05) is 26.3 Å². The fraction of sp³-hybridized carbons (Fsp3) is 0.467. The van der Waals surface area contributed by atoms with Gasteiger partial charge in [0.25, 0.3) is 0 Å². The van der Waals surface area contributed by atoms with Crippen LogP contribution in [0.1, 0.15) is 32.8 Å². The van der Waals surface area contributed by atoms with Crippen molar-refractivity contribution in [2.75, 3.05) is 10.6 Å². The van der Waals surface area contributed by atoms with Gasteiger partial charge in [0.1, 0.15) is 0 Å². The molecule has 5 heteroatoms. The van der Waals surface area contributed by atoms with E-state index in [0.717, 1.165) is 12.0 Å². The Balaban J connectivity index is 2.85. The van der Waals surface area contributed by atoms with Gasteiger partial charge in [-0.25, -0.2) is 0 Å². The molecule has 0 aliphatic heterocycles. The van der Waals surface area contributed by atoms with Crippen LogP contribution in [-0.2, 0) is 9.59 Å². The Morgan fingerprint density at radius 2 is 1.95 bits per heavy atom. The molecule has 110 valence electrons. The van der Waals surface area contributed by atoms with E-state index in [1.807, 2.05) is 26.8 Å².